The average Bonchev–Trinajstić information content (AvgIpc) is 2.39. The first-order valence-electron chi connectivity index (χ1n) is 6.30. The second-order valence-corrected chi connectivity index (χ2v) is 6.65. The summed E-state index contributed by atoms with van der Waals surface area (Å²) >= 11 is 0. The second-order valence-electron chi connectivity index (χ2n) is 5.00. The monoisotopic (exact) mass is 326 g/mol. The Hall–Kier alpha value is -1.19. The van der Waals surface area contributed by atoms with Crippen molar-refractivity contribution in [3.8, 4) is 0 Å². The molecule has 0 amide bonds. The van der Waals surface area contributed by atoms with E-state index in [0.29, 0.717) is 13.0 Å². The predicted molar refractivity (Wildman–Crippen MR) is 67.0 cm³/mol. The predicted octanol–water partition coefficient (Wildman–Crippen LogP) is 1.52. The molecule has 0 spiro atoms. The minimum atomic E-state index is -4.72. The van der Waals surface area contributed by atoms with E-state index in [1.54, 1.807) is 6.92 Å². The van der Waals surface area contributed by atoms with Crippen LogP contribution in [0.15, 0.2) is 11.0 Å². The highest BCUT2D eigenvalue weighted by Crippen LogP contribution is 2.25. The zero-order valence-corrected chi connectivity index (χ0v) is 11.9. The van der Waals surface area contributed by atoms with Crippen molar-refractivity contribution in [1.29, 1.82) is 0 Å². The second kappa shape index (κ2) is 5.90. The summed E-state index contributed by atoms with van der Waals surface area (Å²) < 4.78 is 79.6. The minimum Gasteiger partial charge on any atom is -0.315 e. The van der Waals surface area contributed by atoms with E-state index in [2.05, 4.69) is 10.0 Å². The fourth-order valence-corrected chi connectivity index (χ4v) is 3.69. The minimum absolute atomic E-state index is 0.0333. The Kier molecular flexibility index (Phi) is 4.54. The smallest absolute Gasteiger partial charge is 0.246 e. The van der Waals surface area contributed by atoms with Gasteiger partial charge in [0.1, 0.15) is 0 Å². The molecule has 9 heteroatoms. The summed E-state index contributed by atoms with van der Waals surface area (Å²) in [6, 6.07) is -0.650. The summed E-state index contributed by atoms with van der Waals surface area (Å²) in [5, 5.41) is 2.93. The van der Waals surface area contributed by atoms with Crippen LogP contribution in [-0.4, -0.2) is 27.5 Å². The third-order valence-corrected chi connectivity index (χ3v) is 4.98. The van der Waals surface area contributed by atoms with Gasteiger partial charge in [0.15, 0.2) is 28.2 Å². The van der Waals surface area contributed by atoms with E-state index < -0.39 is 44.2 Å². The number of halogens is 4. The summed E-state index contributed by atoms with van der Waals surface area (Å²) in [6.45, 7) is 2.73. The lowest BCUT2D eigenvalue weighted by molar-refractivity contribution is 0.325. The van der Waals surface area contributed by atoms with Crippen LogP contribution >= 0.6 is 0 Å². The number of nitrogens with one attached hydrogen (secondary N) is 2. The Morgan fingerprint density at radius 1 is 1.19 bits per heavy atom. The average molecular weight is 326 g/mol. The van der Waals surface area contributed by atoms with Gasteiger partial charge in [-0.2, -0.15) is 0 Å². The van der Waals surface area contributed by atoms with Crippen LogP contribution in [-0.2, 0) is 10.0 Å². The van der Waals surface area contributed by atoms with Crippen molar-refractivity contribution in [1.82, 2.24) is 10.0 Å². The summed E-state index contributed by atoms with van der Waals surface area (Å²) in [6.07, 6.45) is 0.662. The van der Waals surface area contributed by atoms with Gasteiger partial charge in [0.25, 0.3) is 0 Å². The lowest BCUT2D eigenvalue weighted by Crippen LogP contribution is -2.50. The van der Waals surface area contributed by atoms with Gasteiger partial charge < -0.3 is 5.32 Å². The highest BCUT2D eigenvalue weighted by atomic mass is 32.2. The first kappa shape index (κ1) is 16.2. The molecular weight excluding hydrogens is 312 g/mol. The molecule has 0 aliphatic carbocycles. The summed E-state index contributed by atoms with van der Waals surface area (Å²) in [5.41, 5.74) is 0. The third kappa shape index (κ3) is 3.19. The lowest BCUT2D eigenvalue weighted by atomic mass is 9.96. The van der Waals surface area contributed by atoms with Crippen LogP contribution < -0.4 is 10.0 Å². The highest BCUT2D eigenvalue weighted by Gasteiger charge is 2.33. The van der Waals surface area contributed by atoms with E-state index in [9.17, 15) is 26.0 Å². The SMILES string of the molecule is CC1CCNCC1NS(=O)(=O)c1c(F)c(F)cc(F)c1F. The molecule has 4 nitrogen and oxygen atoms in total. The van der Waals surface area contributed by atoms with Gasteiger partial charge in [-0.05, 0) is 18.9 Å². The summed E-state index contributed by atoms with van der Waals surface area (Å²) in [4.78, 5) is -1.63. The molecule has 2 atom stereocenters. The van der Waals surface area contributed by atoms with E-state index >= 15 is 0 Å². The maximum absolute atomic E-state index is 13.6. The molecule has 118 valence electrons. The van der Waals surface area contributed by atoms with Crippen LogP contribution in [0.5, 0.6) is 0 Å². The molecule has 1 aromatic rings. The van der Waals surface area contributed by atoms with E-state index in [-0.39, 0.29) is 18.5 Å². The van der Waals surface area contributed by atoms with E-state index in [4.69, 9.17) is 0 Å². The van der Waals surface area contributed by atoms with Gasteiger partial charge in [-0.1, -0.05) is 6.92 Å². The molecule has 0 aromatic heterocycles. The zero-order valence-electron chi connectivity index (χ0n) is 11.1. The van der Waals surface area contributed by atoms with Crippen LogP contribution in [0.25, 0.3) is 0 Å². The number of benzene rings is 1. The maximum Gasteiger partial charge on any atom is 0.246 e. The van der Waals surface area contributed by atoms with E-state index in [0.717, 1.165) is 0 Å². The van der Waals surface area contributed by atoms with Crippen LogP contribution in [0.1, 0.15) is 13.3 Å². The van der Waals surface area contributed by atoms with Crippen LogP contribution in [0.4, 0.5) is 17.6 Å². The van der Waals surface area contributed by atoms with Crippen molar-refractivity contribution >= 4 is 10.0 Å². The zero-order chi connectivity index (χ0) is 15.8. The molecule has 1 aliphatic heterocycles. The van der Waals surface area contributed by atoms with Crippen molar-refractivity contribution in [2.75, 3.05) is 13.1 Å². The molecule has 0 bridgehead atoms. The molecular formula is C12H14F4N2O2S. The molecule has 1 fully saturated rings. The van der Waals surface area contributed by atoms with Gasteiger partial charge in [-0.25, -0.2) is 30.7 Å². The van der Waals surface area contributed by atoms with Crippen molar-refractivity contribution in [2.45, 2.75) is 24.3 Å². The Bertz CT molecular complexity index is 625. The number of piperidine rings is 1. The van der Waals surface area contributed by atoms with Crippen LogP contribution in [0.3, 0.4) is 0 Å². The summed E-state index contributed by atoms with van der Waals surface area (Å²) in [7, 11) is -4.72. The Labute approximate surface area is 119 Å². The highest BCUT2D eigenvalue weighted by molar-refractivity contribution is 7.89. The Morgan fingerprint density at radius 2 is 1.76 bits per heavy atom. The van der Waals surface area contributed by atoms with Crippen molar-refractivity contribution in [3.05, 3.63) is 29.3 Å². The third-order valence-electron chi connectivity index (χ3n) is 3.47. The number of hydrogen-bond donors (Lipinski definition) is 2. The molecule has 1 aromatic carbocycles. The maximum atomic E-state index is 13.6. The quantitative estimate of drug-likeness (QED) is 0.654. The van der Waals surface area contributed by atoms with Gasteiger partial charge >= 0.3 is 0 Å². The van der Waals surface area contributed by atoms with Crippen molar-refractivity contribution in [2.24, 2.45) is 5.92 Å². The van der Waals surface area contributed by atoms with Gasteiger partial charge in [-0.3, -0.25) is 0 Å². The molecule has 0 saturated carbocycles. The molecule has 1 aliphatic rings. The van der Waals surface area contributed by atoms with Gasteiger partial charge in [0.2, 0.25) is 10.0 Å². The van der Waals surface area contributed by atoms with Gasteiger partial charge in [-0.15, -0.1) is 0 Å². The molecule has 2 rings (SSSR count). The fourth-order valence-electron chi connectivity index (χ4n) is 2.19. The van der Waals surface area contributed by atoms with Gasteiger partial charge in [0, 0.05) is 18.7 Å². The van der Waals surface area contributed by atoms with E-state index in [1.165, 1.54) is 0 Å². The number of sulfonamides is 1. The number of rotatable bonds is 3. The molecule has 2 unspecified atom stereocenters. The van der Waals surface area contributed by atoms with Gasteiger partial charge in [0.05, 0.1) is 0 Å². The van der Waals surface area contributed by atoms with Crippen molar-refractivity contribution < 1.29 is 26.0 Å². The molecule has 1 saturated heterocycles. The normalized spacial score (nSPS) is 23.3. The fraction of sp³-hybridized carbons (Fsp3) is 0.500. The Morgan fingerprint density at radius 3 is 2.29 bits per heavy atom. The number of hydrogen-bond acceptors (Lipinski definition) is 3. The first-order valence-corrected chi connectivity index (χ1v) is 7.78. The molecule has 0 radical (unpaired) electrons. The van der Waals surface area contributed by atoms with E-state index in [1.807, 2.05) is 0 Å². The van der Waals surface area contributed by atoms with Crippen molar-refractivity contribution in [3.63, 3.8) is 0 Å². The lowest BCUT2D eigenvalue weighted by Gasteiger charge is -2.30. The van der Waals surface area contributed by atoms with Crippen LogP contribution in [0, 0.1) is 29.2 Å². The first-order chi connectivity index (χ1) is 9.74. The Balaban J connectivity index is 2.40. The largest absolute Gasteiger partial charge is 0.315 e. The standard InChI is InChI=1S/C12H14F4N2O2S/c1-6-2-3-17-5-9(6)18-21(19,20)12-10(15)7(13)4-8(14)11(12)16/h4,6,9,17-18H,2-3,5H2,1H3. The molecule has 2 N–H and O–H groups in total. The summed E-state index contributed by atoms with van der Waals surface area (Å²) in [5.74, 6) is -7.46. The van der Waals surface area contributed by atoms with Crippen LogP contribution in [0.2, 0.25) is 0 Å². The molecule has 1 heterocycles. The topological polar surface area (TPSA) is 58.2 Å². The molecule has 21 heavy (non-hydrogen) atoms.